The quantitative estimate of drug-likeness (QED) is 0.232. The number of alkyl carbamates (subject to hydrolysis) is 1. The molecule has 0 saturated carbocycles. The summed E-state index contributed by atoms with van der Waals surface area (Å²) in [6.45, 7) is 6.87. The van der Waals surface area contributed by atoms with Crippen molar-refractivity contribution >= 4 is 53.0 Å². The monoisotopic (exact) mass is 900 g/mol. The number of hydrogen-bond acceptors (Lipinski definition) is 12. The Morgan fingerprint density at radius 2 is 1.60 bits per heavy atom. The lowest BCUT2D eigenvalue weighted by Gasteiger charge is -2.42. The summed E-state index contributed by atoms with van der Waals surface area (Å²) in [7, 11) is 4.50. The minimum Gasteiger partial charge on any atom is -0.495 e. The van der Waals surface area contributed by atoms with Gasteiger partial charge in [0.15, 0.2) is 5.72 Å². The van der Waals surface area contributed by atoms with Crippen molar-refractivity contribution in [1.82, 2.24) is 15.1 Å². The Hall–Kier alpha value is -4.71. The number of likely N-dealkylation sites (tertiary alicyclic amines) is 2. The molecule has 0 unspecified atom stereocenters. The van der Waals surface area contributed by atoms with E-state index in [4.69, 9.17) is 35.3 Å². The number of esters is 1. The normalized spacial score (nSPS) is 31.1. The molecule has 63 heavy (non-hydrogen) atoms. The molecule has 4 fully saturated rings. The second kappa shape index (κ2) is 20.0. The van der Waals surface area contributed by atoms with Gasteiger partial charge in [-0.3, -0.25) is 29.3 Å². The Labute approximate surface area is 373 Å². The van der Waals surface area contributed by atoms with Gasteiger partial charge in [0.05, 0.1) is 37.2 Å². The first-order chi connectivity index (χ1) is 29.9. The number of ether oxygens (including phenoxy) is 5. The van der Waals surface area contributed by atoms with Crippen molar-refractivity contribution in [2.75, 3.05) is 52.3 Å². The number of hydrogen-bond donors (Lipinski definition) is 3. The number of anilines is 1. The maximum atomic E-state index is 14.3. The van der Waals surface area contributed by atoms with Crippen LogP contribution in [0.5, 0.6) is 5.75 Å². The number of benzene rings is 1. The lowest BCUT2D eigenvalue weighted by Crippen LogP contribution is -2.63. The minimum atomic E-state index is -1.84. The molecule has 4 bridgehead atoms. The molecule has 5 heterocycles. The van der Waals surface area contributed by atoms with E-state index in [0.29, 0.717) is 76.1 Å². The fourth-order valence-corrected chi connectivity index (χ4v) is 9.60. The van der Waals surface area contributed by atoms with Gasteiger partial charge in [-0.15, -0.1) is 0 Å². The predicted octanol–water partition coefficient (Wildman–Crippen LogP) is 4.40. The number of fused-ring (bicyclic) bond motifs is 5. The van der Waals surface area contributed by atoms with Crippen LogP contribution in [0.25, 0.3) is 0 Å². The average molecular weight is 901 g/mol. The number of nitrogens with zero attached hydrogens (tertiary/aromatic N) is 3. The molecule has 6 rings (SSSR count). The van der Waals surface area contributed by atoms with E-state index in [1.165, 1.54) is 19.1 Å². The Balaban J connectivity index is 1.16. The van der Waals surface area contributed by atoms with Crippen LogP contribution in [0.1, 0.15) is 84.1 Å². The van der Waals surface area contributed by atoms with Crippen molar-refractivity contribution in [3.63, 3.8) is 0 Å². The van der Waals surface area contributed by atoms with Crippen molar-refractivity contribution in [2.24, 2.45) is 17.8 Å². The van der Waals surface area contributed by atoms with E-state index in [1.807, 2.05) is 19.9 Å². The van der Waals surface area contributed by atoms with E-state index < -0.39 is 77.4 Å². The molecule has 18 heteroatoms. The first-order valence-corrected chi connectivity index (χ1v) is 22.1. The van der Waals surface area contributed by atoms with Gasteiger partial charge < -0.3 is 48.6 Å². The van der Waals surface area contributed by atoms with E-state index in [1.54, 1.807) is 48.1 Å². The molecule has 1 aromatic carbocycles. The Morgan fingerprint density at radius 1 is 0.984 bits per heavy atom. The number of aliphatic carboxylic acids is 1. The number of nitrogens with one attached hydrogen (secondary N) is 1. The van der Waals surface area contributed by atoms with Crippen LogP contribution in [-0.2, 0) is 49.3 Å². The average Bonchev–Trinajstić information content (AvgIpc) is 3.96. The highest BCUT2D eigenvalue weighted by molar-refractivity contribution is 6.35. The maximum Gasteiger partial charge on any atom is 0.409 e. The van der Waals surface area contributed by atoms with Gasteiger partial charge in [-0.1, -0.05) is 42.3 Å². The van der Waals surface area contributed by atoms with Gasteiger partial charge in [-0.25, -0.2) is 4.79 Å². The van der Waals surface area contributed by atoms with Crippen LogP contribution < -0.4 is 15.0 Å². The number of carboxylic acid groups (broad SMARTS) is 1. The first kappa shape index (κ1) is 47.8. The molecular weight excluding hydrogens is 840 g/mol. The van der Waals surface area contributed by atoms with Crippen molar-refractivity contribution < 1.29 is 62.7 Å². The van der Waals surface area contributed by atoms with Crippen molar-refractivity contribution in [1.29, 1.82) is 0 Å². The lowest BCUT2D eigenvalue weighted by atomic mass is 9.83. The van der Waals surface area contributed by atoms with Crippen LogP contribution in [-0.4, -0.2) is 139 Å². The number of carbonyl (C=O) groups is 6. The summed E-state index contributed by atoms with van der Waals surface area (Å²) in [4.78, 5) is 83.1. The molecule has 7 atom stereocenters. The third-order valence-corrected chi connectivity index (χ3v) is 13.7. The number of carbonyl (C=O) groups excluding carboxylic acids is 5. The summed E-state index contributed by atoms with van der Waals surface area (Å²) in [5, 5.41) is 23.8. The molecular formula is C45H61ClN4O13. The Kier molecular flexibility index (Phi) is 15.2. The number of rotatable bonds is 9. The van der Waals surface area contributed by atoms with Crippen LogP contribution in [0.3, 0.4) is 0 Å². The smallest absolute Gasteiger partial charge is 0.409 e. The predicted molar refractivity (Wildman–Crippen MR) is 229 cm³/mol. The van der Waals surface area contributed by atoms with E-state index in [2.05, 4.69) is 5.32 Å². The number of carboxylic acids is 1. The van der Waals surface area contributed by atoms with Gasteiger partial charge in [0, 0.05) is 65.5 Å². The fraction of sp³-hybridized carbons (Fsp3) is 0.644. The number of epoxide rings is 1. The van der Waals surface area contributed by atoms with Crippen molar-refractivity contribution in [2.45, 2.75) is 121 Å². The highest BCUT2D eigenvalue weighted by Crippen LogP contribution is 2.49. The van der Waals surface area contributed by atoms with E-state index in [-0.39, 0.29) is 42.5 Å². The number of piperidine rings is 2. The third-order valence-electron chi connectivity index (χ3n) is 13.4. The summed E-state index contributed by atoms with van der Waals surface area (Å²) in [6.07, 6.45) is 3.18. The lowest BCUT2D eigenvalue weighted by molar-refractivity contribution is -0.161. The van der Waals surface area contributed by atoms with E-state index in [9.17, 15) is 39.0 Å². The molecule has 3 N–H and O–H groups in total. The Bertz CT molecular complexity index is 1980. The summed E-state index contributed by atoms with van der Waals surface area (Å²) in [5.41, 5.74) is -0.923. The van der Waals surface area contributed by atoms with E-state index in [0.717, 1.165) is 11.1 Å². The summed E-state index contributed by atoms with van der Waals surface area (Å²) in [5.74, 6) is -3.18. The zero-order valence-corrected chi connectivity index (χ0v) is 37.7. The number of methoxy groups -OCH3 is 2. The van der Waals surface area contributed by atoms with Crippen LogP contribution in [0.2, 0.25) is 5.02 Å². The minimum absolute atomic E-state index is 0.0569. The first-order valence-electron chi connectivity index (χ1n) is 21.7. The highest BCUT2D eigenvalue weighted by atomic mass is 35.5. The Morgan fingerprint density at radius 3 is 2.19 bits per heavy atom. The van der Waals surface area contributed by atoms with Crippen molar-refractivity contribution in [3.8, 4) is 5.75 Å². The second-order valence-electron chi connectivity index (χ2n) is 17.7. The topological polar surface area (TPSA) is 214 Å². The molecule has 17 nitrogen and oxygen atoms in total. The highest BCUT2D eigenvalue weighted by Gasteiger charge is 2.64. The van der Waals surface area contributed by atoms with Crippen LogP contribution >= 0.6 is 11.6 Å². The number of aliphatic hydroxyl groups is 1. The maximum absolute atomic E-state index is 14.3. The molecule has 346 valence electrons. The number of amides is 4. The van der Waals surface area contributed by atoms with Crippen LogP contribution in [0, 0.1) is 17.8 Å². The molecule has 0 aromatic heterocycles. The zero-order valence-electron chi connectivity index (χ0n) is 36.9. The molecule has 0 aliphatic carbocycles. The molecule has 5 aliphatic rings. The van der Waals surface area contributed by atoms with Gasteiger partial charge >= 0.3 is 18.0 Å². The SMILES string of the molecule is COc1cc2cc(c1Cl)N(C)C(=O)C[C@H](OC(=O)C1CCN(C(=O)CCCC(=O)N3CCC(C(=O)O)CC3)CC1)[C@]1(C)O[C@H]1[C@H](C)[C@@H]1C[C@@](O)(NC(=O)O1)[C@H](OC)/C=C/C=C(\C)C2. The van der Waals surface area contributed by atoms with Gasteiger partial charge in [0.25, 0.3) is 0 Å². The molecule has 4 saturated heterocycles. The van der Waals surface area contributed by atoms with Crippen LogP contribution in [0.4, 0.5) is 10.5 Å². The molecule has 4 amide bonds. The summed E-state index contributed by atoms with van der Waals surface area (Å²) in [6, 6.07) is 3.59. The van der Waals surface area contributed by atoms with Gasteiger partial charge in [-0.2, -0.15) is 0 Å². The fourth-order valence-electron chi connectivity index (χ4n) is 9.29. The van der Waals surface area contributed by atoms with Crippen LogP contribution in [0.15, 0.2) is 35.9 Å². The molecule has 5 aliphatic heterocycles. The van der Waals surface area contributed by atoms with E-state index >= 15 is 0 Å². The van der Waals surface area contributed by atoms with Crippen molar-refractivity contribution in [3.05, 3.63) is 46.5 Å². The zero-order chi connectivity index (χ0) is 45.8. The van der Waals surface area contributed by atoms with Gasteiger partial charge in [0.2, 0.25) is 17.7 Å². The summed E-state index contributed by atoms with van der Waals surface area (Å²) >= 11 is 6.80. The van der Waals surface area contributed by atoms with Gasteiger partial charge in [-0.05, 0) is 70.1 Å². The standard InChI is InChI=1S/C45H61ClN4O13/c1-26-9-7-10-34(60-6)45(58)25-33(61-43(57)47-45)27(2)40-44(3,63-40)35(24-38(53)48(4)31-22-28(21-26)23-32(59-5)39(31)46)62-42(56)30-15-19-50(20-16-30)37(52)12-8-11-36(51)49-17-13-29(14-18-49)41(54)55/h7,9-10,22-23,27,29-30,33-35,40,58H,8,11-21,24-25H2,1-6H3,(H,47,57)(H,54,55)/b10-7+,26-9+/t27-,33+,34-,35+,40+,44+,45+/m1/s1. The van der Waals surface area contributed by atoms with Gasteiger partial charge in [0.1, 0.15) is 34.7 Å². The number of halogens is 1. The molecule has 0 radical (unpaired) electrons. The second-order valence-corrected chi connectivity index (χ2v) is 18.1. The summed E-state index contributed by atoms with van der Waals surface area (Å²) < 4.78 is 29.5. The number of allylic oxidation sites excluding steroid dienone is 3. The third kappa shape index (κ3) is 11.0. The largest absolute Gasteiger partial charge is 0.495 e. The molecule has 0 spiro atoms. The molecule has 1 aromatic rings.